The summed E-state index contributed by atoms with van der Waals surface area (Å²) in [7, 11) is 0.0580. The molecule has 1 N–H and O–H groups in total. The van der Waals surface area contributed by atoms with Gasteiger partial charge in [-0.25, -0.2) is 12.7 Å². The lowest BCUT2D eigenvalue weighted by Crippen LogP contribution is -2.30. The van der Waals surface area contributed by atoms with Gasteiger partial charge in [-0.3, -0.25) is 0 Å². The molecule has 0 saturated heterocycles. The third-order valence-corrected chi connectivity index (χ3v) is 6.56. The molecule has 0 bridgehead atoms. The summed E-state index contributed by atoms with van der Waals surface area (Å²) in [5, 5.41) is 3.53. The van der Waals surface area contributed by atoms with Gasteiger partial charge >= 0.3 is 0 Å². The van der Waals surface area contributed by atoms with Crippen LogP contribution >= 0.6 is 0 Å². The first-order chi connectivity index (χ1) is 11.2. The second-order valence-electron chi connectivity index (χ2n) is 7.10. The van der Waals surface area contributed by atoms with Crippen LogP contribution in [0.15, 0.2) is 24.3 Å². The lowest BCUT2D eigenvalue weighted by atomic mass is 9.92. The van der Waals surface area contributed by atoms with Crippen molar-refractivity contribution in [2.24, 2.45) is 5.92 Å². The minimum absolute atomic E-state index is 0.185. The molecule has 0 aromatic heterocycles. The van der Waals surface area contributed by atoms with Crippen molar-refractivity contribution < 1.29 is 8.42 Å². The summed E-state index contributed by atoms with van der Waals surface area (Å²) < 4.78 is 24.9. The van der Waals surface area contributed by atoms with E-state index in [2.05, 4.69) is 57.3 Å². The van der Waals surface area contributed by atoms with Gasteiger partial charge < -0.3 is 5.32 Å². The van der Waals surface area contributed by atoms with Crippen LogP contribution in [0.25, 0.3) is 0 Å². The van der Waals surface area contributed by atoms with Crippen LogP contribution in [-0.2, 0) is 10.0 Å². The molecular formula is C19H34N2O2S. The van der Waals surface area contributed by atoms with Crippen molar-refractivity contribution in [1.29, 1.82) is 0 Å². The van der Waals surface area contributed by atoms with Crippen molar-refractivity contribution in [3.8, 4) is 0 Å². The summed E-state index contributed by atoms with van der Waals surface area (Å²) in [5.74, 6) is 1.22. The van der Waals surface area contributed by atoms with Gasteiger partial charge in [0.2, 0.25) is 10.0 Å². The predicted molar refractivity (Wildman–Crippen MR) is 103 cm³/mol. The van der Waals surface area contributed by atoms with Crippen molar-refractivity contribution in [2.45, 2.75) is 52.5 Å². The maximum Gasteiger partial charge on any atom is 0.213 e. The van der Waals surface area contributed by atoms with Gasteiger partial charge in [0.25, 0.3) is 0 Å². The number of nitrogens with zero attached hydrogens (tertiary/aromatic N) is 1. The molecule has 1 rings (SSSR count). The van der Waals surface area contributed by atoms with Crippen molar-refractivity contribution in [2.75, 3.05) is 26.4 Å². The Balaban J connectivity index is 2.65. The molecule has 0 saturated carbocycles. The number of nitrogens with one attached hydrogen (secondary N) is 1. The Bertz CT molecular complexity index is 580. The fourth-order valence-electron chi connectivity index (χ4n) is 2.70. The molecule has 4 nitrogen and oxygen atoms in total. The number of rotatable bonds is 10. The molecule has 2 atom stereocenters. The summed E-state index contributed by atoms with van der Waals surface area (Å²) in [6.07, 6.45) is 1.76. The lowest BCUT2D eigenvalue weighted by Gasteiger charge is -2.24. The number of sulfonamides is 1. The van der Waals surface area contributed by atoms with Crippen LogP contribution in [0.3, 0.4) is 0 Å². The molecule has 138 valence electrons. The summed E-state index contributed by atoms with van der Waals surface area (Å²) in [6, 6.07) is 9.09. The van der Waals surface area contributed by atoms with Crippen LogP contribution in [0.4, 0.5) is 0 Å². The van der Waals surface area contributed by atoms with E-state index in [1.807, 2.05) is 0 Å². The molecule has 0 fully saturated rings. The zero-order valence-corrected chi connectivity index (χ0v) is 16.9. The first kappa shape index (κ1) is 21.1. The topological polar surface area (TPSA) is 49.4 Å². The van der Waals surface area contributed by atoms with E-state index >= 15 is 0 Å². The third-order valence-electron chi connectivity index (χ3n) is 4.64. The lowest BCUT2D eigenvalue weighted by molar-refractivity contribution is 0.411. The number of hydrogen-bond acceptors (Lipinski definition) is 3. The van der Waals surface area contributed by atoms with Crippen LogP contribution in [-0.4, -0.2) is 39.1 Å². The largest absolute Gasteiger partial charge is 0.310 e. The molecule has 0 aliphatic rings. The molecule has 0 heterocycles. The van der Waals surface area contributed by atoms with Gasteiger partial charge in [0.15, 0.2) is 0 Å². The van der Waals surface area contributed by atoms with E-state index in [0.29, 0.717) is 24.8 Å². The van der Waals surface area contributed by atoms with E-state index in [1.54, 1.807) is 14.1 Å². The van der Waals surface area contributed by atoms with Gasteiger partial charge in [-0.1, -0.05) is 52.0 Å². The molecule has 1 aromatic carbocycles. The fraction of sp³-hybridized carbons (Fsp3) is 0.684. The Morgan fingerprint density at radius 3 is 2.04 bits per heavy atom. The summed E-state index contributed by atoms with van der Waals surface area (Å²) >= 11 is 0. The SMILES string of the molecule is CCC(C)c1ccc(C(NCCCS(=O)(=O)N(C)C)C(C)C)cc1. The summed E-state index contributed by atoms with van der Waals surface area (Å²) in [6.45, 7) is 9.54. The monoisotopic (exact) mass is 354 g/mol. The Hall–Kier alpha value is -0.910. The Morgan fingerprint density at radius 1 is 1.04 bits per heavy atom. The average molecular weight is 355 g/mol. The average Bonchev–Trinajstić information content (AvgIpc) is 2.53. The predicted octanol–water partition coefficient (Wildman–Crippen LogP) is 3.77. The van der Waals surface area contributed by atoms with Crippen molar-refractivity contribution in [3.05, 3.63) is 35.4 Å². The molecule has 5 heteroatoms. The molecular weight excluding hydrogens is 320 g/mol. The van der Waals surface area contributed by atoms with E-state index in [9.17, 15) is 8.42 Å². The number of hydrogen-bond donors (Lipinski definition) is 1. The van der Waals surface area contributed by atoms with E-state index in [4.69, 9.17) is 0 Å². The minimum atomic E-state index is -3.11. The molecule has 2 unspecified atom stereocenters. The third kappa shape index (κ3) is 6.19. The van der Waals surface area contributed by atoms with E-state index < -0.39 is 10.0 Å². The highest BCUT2D eigenvalue weighted by atomic mass is 32.2. The normalized spacial score (nSPS) is 15.0. The van der Waals surface area contributed by atoms with Gasteiger partial charge in [-0.2, -0.15) is 0 Å². The Morgan fingerprint density at radius 2 is 1.58 bits per heavy atom. The van der Waals surface area contributed by atoms with E-state index in [-0.39, 0.29) is 11.8 Å². The van der Waals surface area contributed by atoms with Gasteiger partial charge in [-0.15, -0.1) is 0 Å². The molecule has 1 aromatic rings. The van der Waals surface area contributed by atoms with Gasteiger partial charge in [-0.05, 0) is 42.3 Å². The zero-order valence-electron chi connectivity index (χ0n) is 16.0. The van der Waals surface area contributed by atoms with Crippen molar-refractivity contribution >= 4 is 10.0 Å². The zero-order chi connectivity index (χ0) is 18.3. The maximum atomic E-state index is 11.8. The molecule has 0 amide bonds. The van der Waals surface area contributed by atoms with Crippen molar-refractivity contribution in [3.63, 3.8) is 0 Å². The Labute approximate surface area is 148 Å². The first-order valence-corrected chi connectivity index (χ1v) is 10.5. The smallest absolute Gasteiger partial charge is 0.213 e. The van der Waals surface area contributed by atoms with Crippen LogP contribution in [0.5, 0.6) is 0 Å². The minimum Gasteiger partial charge on any atom is -0.310 e. The van der Waals surface area contributed by atoms with Crippen LogP contribution in [0.2, 0.25) is 0 Å². The standard InChI is InChI=1S/C19H34N2O2S/c1-7-16(4)17-9-11-18(12-10-17)19(15(2)3)20-13-8-14-24(22,23)21(5)6/h9-12,15-16,19-20H,7-8,13-14H2,1-6H3. The molecule has 0 spiro atoms. The molecule has 24 heavy (non-hydrogen) atoms. The second kappa shape index (κ2) is 9.54. The van der Waals surface area contributed by atoms with Gasteiger partial charge in [0, 0.05) is 20.1 Å². The van der Waals surface area contributed by atoms with E-state index in [0.717, 1.165) is 6.42 Å². The quantitative estimate of drug-likeness (QED) is 0.651. The highest BCUT2D eigenvalue weighted by molar-refractivity contribution is 7.89. The highest BCUT2D eigenvalue weighted by Gasteiger charge is 2.17. The van der Waals surface area contributed by atoms with Crippen LogP contribution in [0, 0.1) is 5.92 Å². The summed E-state index contributed by atoms with van der Waals surface area (Å²) in [4.78, 5) is 0. The molecule has 0 aliphatic heterocycles. The van der Waals surface area contributed by atoms with Crippen molar-refractivity contribution in [1.82, 2.24) is 9.62 Å². The van der Waals surface area contributed by atoms with E-state index in [1.165, 1.54) is 15.4 Å². The molecule has 0 radical (unpaired) electrons. The fourth-order valence-corrected chi connectivity index (χ4v) is 3.58. The second-order valence-corrected chi connectivity index (χ2v) is 9.41. The number of benzene rings is 1. The molecule has 0 aliphatic carbocycles. The van der Waals surface area contributed by atoms with Crippen LogP contribution < -0.4 is 5.32 Å². The maximum absolute atomic E-state index is 11.8. The highest BCUT2D eigenvalue weighted by Crippen LogP contribution is 2.25. The van der Waals surface area contributed by atoms with Gasteiger partial charge in [0.1, 0.15) is 0 Å². The van der Waals surface area contributed by atoms with Gasteiger partial charge in [0.05, 0.1) is 5.75 Å². The summed E-state index contributed by atoms with van der Waals surface area (Å²) in [5.41, 5.74) is 2.65. The Kier molecular flexibility index (Phi) is 8.40. The first-order valence-electron chi connectivity index (χ1n) is 8.92. The van der Waals surface area contributed by atoms with Crippen LogP contribution in [0.1, 0.15) is 63.6 Å².